The zero-order valence-electron chi connectivity index (χ0n) is 13.0. The average Bonchev–Trinajstić information content (AvgIpc) is 2.38. The number of benzene rings is 1. The first kappa shape index (κ1) is 17.2. The summed E-state index contributed by atoms with van der Waals surface area (Å²) in [6, 6.07) is 7.53. The van der Waals surface area contributed by atoms with Crippen LogP contribution in [0, 0.1) is 5.92 Å². The Morgan fingerprint density at radius 1 is 1.10 bits per heavy atom. The molecule has 0 saturated heterocycles. The third-order valence-corrected chi connectivity index (χ3v) is 6.36. The van der Waals surface area contributed by atoms with Crippen LogP contribution in [0.15, 0.2) is 24.3 Å². The van der Waals surface area contributed by atoms with Gasteiger partial charge in [0.15, 0.2) is 9.84 Å². The lowest BCUT2D eigenvalue weighted by molar-refractivity contribution is 0.540. The van der Waals surface area contributed by atoms with Gasteiger partial charge in [-0.1, -0.05) is 51.5 Å². The fourth-order valence-corrected chi connectivity index (χ4v) is 3.96. The molecule has 20 heavy (non-hydrogen) atoms. The van der Waals surface area contributed by atoms with Crippen LogP contribution in [-0.4, -0.2) is 19.4 Å². The second-order valence-corrected chi connectivity index (χ2v) is 8.28. The summed E-state index contributed by atoms with van der Waals surface area (Å²) in [6.45, 7) is 7.75. The van der Waals surface area contributed by atoms with Crippen molar-refractivity contribution in [1.29, 1.82) is 0 Å². The molecule has 114 valence electrons. The number of hydrogen-bond acceptors (Lipinski definition) is 3. The van der Waals surface area contributed by atoms with Gasteiger partial charge in [-0.05, 0) is 30.4 Å². The van der Waals surface area contributed by atoms with Crippen molar-refractivity contribution in [1.82, 2.24) is 0 Å². The van der Waals surface area contributed by atoms with Gasteiger partial charge in [0, 0.05) is 6.04 Å². The molecule has 3 nitrogen and oxygen atoms in total. The normalized spacial score (nSPS) is 15.3. The Morgan fingerprint density at radius 3 is 2.10 bits per heavy atom. The molecule has 1 rings (SSSR count). The zero-order chi connectivity index (χ0) is 15.3. The maximum absolute atomic E-state index is 12.2. The van der Waals surface area contributed by atoms with E-state index in [0.29, 0.717) is 0 Å². The minimum atomic E-state index is -3.15. The van der Waals surface area contributed by atoms with Gasteiger partial charge in [0.1, 0.15) is 0 Å². The molecule has 1 aromatic carbocycles. The van der Waals surface area contributed by atoms with E-state index in [1.807, 2.05) is 38.1 Å². The number of aryl methyl sites for hydroxylation is 1. The molecule has 0 aliphatic carbocycles. The van der Waals surface area contributed by atoms with E-state index in [-0.39, 0.29) is 16.9 Å². The molecule has 2 atom stereocenters. The second-order valence-electron chi connectivity index (χ2n) is 5.88. The fraction of sp³-hybridized carbons (Fsp3) is 0.625. The summed E-state index contributed by atoms with van der Waals surface area (Å²) < 4.78 is 24.5. The van der Waals surface area contributed by atoms with Crippen LogP contribution in [0.1, 0.15) is 51.3 Å². The maximum Gasteiger partial charge on any atom is 0.155 e. The van der Waals surface area contributed by atoms with E-state index >= 15 is 0 Å². The standard InChI is InChI=1S/C16H27NO2S/c1-5-6-14-7-9-15(10-8-14)16(17)11-20(18,19)13(4)12(2)3/h7-10,12-13,16H,5-6,11,17H2,1-4H3. The minimum absolute atomic E-state index is 0.0134. The SMILES string of the molecule is CCCc1ccc(C(N)CS(=O)(=O)C(C)C(C)C)cc1. The highest BCUT2D eigenvalue weighted by molar-refractivity contribution is 7.92. The van der Waals surface area contributed by atoms with Crippen molar-refractivity contribution in [3.05, 3.63) is 35.4 Å². The van der Waals surface area contributed by atoms with Crippen LogP contribution in [0.5, 0.6) is 0 Å². The fourth-order valence-electron chi connectivity index (χ4n) is 2.13. The highest BCUT2D eigenvalue weighted by Gasteiger charge is 2.26. The third kappa shape index (κ3) is 4.60. The summed E-state index contributed by atoms with van der Waals surface area (Å²) in [5, 5.41) is -0.354. The Hall–Kier alpha value is -0.870. The predicted octanol–water partition coefficient (Wildman–Crippen LogP) is 3.10. The van der Waals surface area contributed by atoms with Crippen LogP contribution in [0.4, 0.5) is 0 Å². The molecule has 0 aromatic heterocycles. The van der Waals surface area contributed by atoms with Crippen LogP contribution in [0.2, 0.25) is 0 Å². The smallest absolute Gasteiger partial charge is 0.155 e. The first-order valence-electron chi connectivity index (χ1n) is 7.34. The molecule has 0 aliphatic heterocycles. The van der Waals surface area contributed by atoms with E-state index in [9.17, 15) is 8.42 Å². The van der Waals surface area contributed by atoms with Crippen molar-refractivity contribution in [2.45, 2.75) is 51.8 Å². The molecule has 4 heteroatoms. The highest BCUT2D eigenvalue weighted by Crippen LogP contribution is 2.19. The summed E-state index contributed by atoms with van der Waals surface area (Å²) in [4.78, 5) is 0. The molecule has 0 bridgehead atoms. The summed E-state index contributed by atoms with van der Waals surface area (Å²) >= 11 is 0. The highest BCUT2D eigenvalue weighted by atomic mass is 32.2. The van der Waals surface area contributed by atoms with Gasteiger partial charge in [0.05, 0.1) is 11.0 Å². The van der Waals surface area contributed by atoms with Crippen molar-refractivity contribution < 1.29 is 8.42 Å². The summed E-state index contributed by atoms with van der Waals surface area (Å²) in [5.41, 5.74) is 8.22. The molecule has 1 aromatic rings. The number of nitrogens with two attached hydrogens (primary N) is 1. The summed E-state index contributed by atoms with van der Waals surface area (Å²) in [6.07, 6.45) is 2.14. The van der Waals surface area contributed by atoms with Crippen LogP contribution in [0.3, 0.4) is 0 Å². The van der Waals surface area contributed by atoms with Crippen molar-refractivity contribution >= 4 is 9.84 Å². The molecule has 0 spiro atoms. The van der Waals surface area contributed by atoms with Gasteiger partial charge in [-0.3, -0.25) is 0 Å². The second kappa shape index (κ2) is 7.23. The molecular weight excluding hydrogens is 270 g/mol. The molecule has 0 fully saturated rings. The van der Waals surface area contributed by atoms with Crippen LogP contribution in [-0.2, 0) is 16.3 Å². The van der Waals surface area contributed by atoms with E-state index in [2.05, 4.69) is 6.92 Å². The lowest BCUT2D eigenvalue weighted by Crippen LogP contribution is -2.31. The van der Waals surface area contributed by atoms with Crippen molar-refractivity contribution in [3.8, 4) is 0 Å². The molecule has 0 heterocycles. The summed E-state index contributed by atoms with van der Waals surface area (Å²) in [5.74, 6) is 0.124. The maximum atomic E-state index is 12.2. The van der Waals surface area contributed by atoms with E-state index in [1.165, 1.54) is 5.56 Å². The number of rotatable bonds is 7. The molecular formula is C16H27NO2S. The first-order valence-corrected chi connectivity index (χ1v) is 9.05. The van der Waals surface area contributed by atoms with Crippen LogP contribution < -0.4 is 5.73 Å². The van der Waals surface area contributed by atoms with E-state index in [1.54, 1.807) is 6.92 Å². The third-order valence-electron chi connectivity index (χ3n) is 3.86. The predicted molar refractivity (Wildman–Crippen MR) is 85.5 cm³/mol. The Bertz CT molecular complexity index is 506. The van der Waals surface area contributed by atoms with Crippen molar-refractivity contribution in [2.24, 2.45) is 11.7 Å². The van der Waals surface area contributed by atoms with Gasteiger partial charge in [0.2, 0.25) is 0 Å². The molecule has 0 amide bonds. The average molecular weight is 297 g/mol. The largest absolute Gasteiger partial charge is 0.323 e. The first-order chi connectivity index (χ1) is 9.27. The minimum Gasteiger partial charge on any atom is -0.323 e. The van der Waals surface area contributed by atoms with E-state index in [4.69, 9.17) is 5.73 Å². The topological polar surface area (TPSA) is 60.2 Å². The number of sulfone groups is 1. The van der Waals surface area contributed by atoms with Crippen LogP contribution >= 0.6 is 0 Å². The van der Waals surface area contributed by atoms with Gasteiger partial charge >= 0.3 is 0 Å². The van der Waals surface area contributed by atoms with Gasteiger partial charge in [0.25, 0.3) is 0 Å². The lowest BCUT2D eigenvalue weighted by Gasteiger charge is -2.19. The quantitative estimate of drug-likeness (QED) is 0.841. The van der Waals surface area contributed by atoms with Crippen molar-refractivity contribution in [2.75, 3.05) is 5.75 Å². The molecule has 2 N–H and O–H groups in total. The Morgan fingerprint density at radius 2 is 1.65 bits per heavy atom. The monoisotopic (exact) mass is 297 g/mol. The van der Waals surface area contributed by atoms with Gasteiger partial charge in [-0.2, -0.15) is 0 Å². The van der Waals surface area contributed by atoms with Crippen molar-refractivity contribution in [3.63, 3.8) is 0 Å². The zero-order valence-corrected chi connectivity index (χ0v) is 13.8. The molecule has 2 unspecified atom stereocenters. The number of hydrogen-bond donors (Lipinski definition) is 1. The molecule has 0 aliphatic rings. The van der Waals surface area contributed by atoms with E-state index < -0.39 is 15.9 Å². The van der Waals surface area contributed by atoms with Gasteiger partial charge < -0.3 is 5.73 Å². The Kier molecular flexibility index (Phi) is 6.21. The Balaban J connectivity index is 2.78. The molecule has 0 saturated carbocycles. The lowest BCUT2D eigenvalue weighted by atomic mass is 10.0. The summed E-state index contributed by atoms with van der Waals surface area (Å²) in [7, 11) is -3.15. The van der Waals surface area contributed by atoms with Crippen LogP contribution in [0.25, 0.3) is 0 Å². The Labute approximate surface area is 123 Å². The van der Waals surface area contributed by atoms with E-state index in [0.717, 1.165) is 18.4 Å². The molecule has 0 radical (unpaired) electrons. The van der Waals surface area contributed by atoms with Gasteiger partial charge in [-0.25, -0.2) is 8.42 Å². The van der Waals surface area contributed by atoms with Gasteiger partial charge in [-0.15, -0.1) is 0 Å².